The molecule has 1 aromatic heterocycles. The lowest BCUT2D eigenvalue weighted by molar-refractivity contribution is -0.105. The van der Waals surface area contributed by atoms with Crippen LogP contribution < -0.4 is 5.32 Å². The maximum Gasteiger partial charge on any atom is 0.400 e. The zero-order valence-electron chi connectivity index (χ0n) is 12.8. The smallest absolute Gasteiger partial charge is 0.339 e. The predicted molar refractivity (Wildman–Crippen MR) is 94.1 cm³/mol. The van der Waals surface area contributed by atoms with E-state index in [4.69, 9.17) is 23.2 Å². The summed E-state index contributed by atoms with van der Waals surface area (Å²) in [6.07, 6.45) is -1.44. The van der Waals surface area contributed by atoms with Crippen molar-refractivity contribution in [2.75, 3.05) is 18.1 Å². The Morgan fingerprint density at radius 3 is 2.44 bits per heavy atom. The average molecular weight is 410 g/mol. The summed E-state index contributed by atoms with van der Waals surface area (Å²) in [4.78, 5) is 7.82. The SMILES string of the molecule is CN=C(Nc1cc(S(=O)CC(F)(F)F)c(Cl)cc1Cl)c1ccncc1. The third kappa shape index (κ3) is 5.42. The van der Waals surface area contributed by atoms with Crippen molar-refractivity contribution in [2.45, 2.75) is 11.1 Å². The summed E-state index contributed by atoms with van der Waals surface area (Å²) in [7, 11) is -0.813. The molecular formula is C15H12Cl2F3N3OS. The molecule has 1 heterocycles. The molecule has 0 spiro atoms. The van der Waals surface area contributed by atoms with Crippen molar-refractivity contribution in [1.82, 2.24) is 4.98 Å². The molecule has 0 amide bonds. The fourth-order valence-electron chi connectivity index (χ4n) is 1.92. The monoisotopic (exact) mass is 409 g/mol. The molecule has 0 saturated heterocycles. The number of aromatic nitrogens is 1. The number of rotatable bonds is 4. The van der Waals surface area contributed by atoms with E-state index in [0.717, 1.165) is 0 Å². The number of aliphatic imine (C=N–C) groups is 1. The van der Waals surface area contributed by atoms with E-state index >= 15 is 0 Å². The number of pyridine rings is 1. The highest BCUT2D eigenvalue weighted by atomic mass is 35.5. The lowest BCUT2D eigenvalue weighted by Crippen LogP contribution is -2.19. The highest BCUT2D eigenvalue weighted by Crippen LogP contribution is 2.33. The van der Waals surface area contributed by atoms with Gasteiger partial charge in [-0.25, -0.2) is 0 Å². The zero-order valence-corrected chi connectivity index (χ0v) is 15.1. The molecule has 1 unspecified atom stereocenters. The molecule has 25 heavy (non-hydrogen) atoms. The van der Waals surface area contributed by atoms with Crippen molar-refractivity contribution >= 4 is 45.5 Å². The summed E-state index contributed by atoms with van der Waals surface area (Å²) in [5.41, 5.74) is 0.940. The van der Waals surface area contributed by atoms with E-state index in [2.05, 4.69) is 15.3 Å². The standard InChI is InChI=1S/C15H12Cl2F3N3OS/c1-21-14(9-2-4-22-5-3-9)23-12-7-13(11(17)6-10(12)16)25(24)8-15(18,19)20/h2-7H,8H2,1H3,(H,21,23). The van der Waals surface area contributed by atoms with Crippen LogP contribution >= 0.6 is 23.2 Å². The van der Waals surface area contributed by atoms with Crippen LogP contribution in [0.4, 0.5) is 18.9 Å². The Hall–Kier alpha value is -1.64. The third-order valence-corrected chi connectivity index (χ3v) is 5.15. The van der Waals surface area contributed by atoms with Gasteiger partial charge in [0.1, 0.15) is 11.6 Å². The summed E-state index contributed by atoms with van der Waals surface area (Å²) >= 11 is 12.0. The highest BCUT2D eigenvalue weighted by Gasteiger charge is 2.32. The molecule has 0 saturated carbocycles. The Labute approximate surface area is 154 Å². The first-order valence-corrected chi connectivity index (χ1v) is 8.87. The molecule has 0 aliphatic carbocycles. The van der Waals surface area contributed by atoms with E-state index in [1.165, 1.54) is 19.2 Å². The molecular weight excluding hydrogens is 398 g/mol. The molecule has 4 nitrogen and oxygen atoms in total. The van der Waals surface area contributed by atoms with Crippen LogP contribution in [-0.4, -0.2) is 34.0 Å². The molecule has 134 valence electrons. The fraction of sp³-hybridized carbons (Fsp3) is 0.200. The topological polar surface area (TPSA) is 54.4 Å². The van der Waals surface area contributed by atoms with Gasteiger partial charge in [0.2, 0.25) is 0 Å². The van der Waals surface area contributed by atoms with Crippen molar-refractivity contribution in [2.24, 2.45) is 4.99 Å². The minimum absolute atomic E-state index is 0.1000. The summed E-state index contributed by atoms with van der Waals surface area (Å²) in [6, 6.07) is 5.87. The van der Waals surface area contributed by atoms with Gasteiger partial charge >= 0.3 is 6.18 Å². The van der Waals surface area contributed by atoms with Crippen molar-refractivity contribution in [3.05, 3.63) is 52.3 Å². The Balaban J connectivity index is 2.35. The summed E-state index contributed by atoms with van der Waals surface area (Å²) in [5.74, 6) is -1.08. The van der Waals surface area contributed by atoms with Gasteiger partial charge in [0, 0.05) is 25.0 Å². The predicted octanol–water partition coefficient (Wildman–Crippen LogP) is 4.55. The molecule has 2 aromatic rings. The van der Waals surface area contributed by atoms with Crippen molar-refractivity contribution in [1.29, 1.82) is 0 Å². The molecule has 1 N–H and O–H groups in total. The van der Waals surface area contributed by atoms with Gasteiger partial charge in [-0.05, 0) is 24.3 Å². The minimum atomic E-state index is -4.57. The van der Waals surface area contributed by atoms with Gasteiger partial charge in [-0.2, -0.15) is 13.2 Å². The number of anilines is 1. The molecule has 0 aliphatic heterocycles. The van der Waals surface area contributed by atoms with Crippen LogP contribution in [0.1, 0.15) is 5.56 Å². The Morgan fingerprint density at radius 2 is 1.88 bits per heavy atom. The van der Waals surface area contributed by atoms with Crippen LogP contribution in [-0.2, 0) is 10.8 Å². The lowest BCUT2D eigenvalue weighted by Gasteiger charge is -2.14. The van der Waals surface area contributed by atoms with Gasteiger partial charge in [0.25, 0.3) is 0 Å². The number of hydrogen-bond donors (Lipinski definition) is 1. The minimum Gasteiger partial charge on any atom is -0.339 e. The van der Waals surface area contributed by atoms with E-state index in [1.54, 1.807) is 24.5 Å². The van der Waals surface area contributed by atoms with E-state index in [1.807, 2.05) is 0 Å². The van der Waals surface area contributed by atoms with E-state index in [9.17, 15) is 17.4 Å². The van der Waals surface area contributed by atoms with Crippen LogP contribution in [0.5, 0.6) is 0 Å². The van der Waals surface area contributed by atoms with Gasteiger partial charge in [0.15, 0.2) is 0 Å². The summed E-state index contributed by atoms with van der Waals surface area (Å²) < 4.78 is 49.4. The first kappa shape index (κ1) is 19.7. The second-order valence-electron chi connectivity index (χ2n) is 4.80. The van der Waals surface area contributed by atoms with Gasteiger partial charge in [-0.15, -0.1) is 0 Å². The number of nitrogens with zero attached hydrogens (tertiary/aromatic N) is 2. The van der Waals surface area contributed by atoms with Gasteiger partial charge in [-0.3, -0.25) is 14.2 Å². The van der Waals surface area contributed by atoms with E-state index in [-0.39, 0.29) is 20.6 Å². The Bertz CT molecular complexity index is 814. The van der Waals surface area contributed by atoms with Crippen LogP contribution in [0, 0.1) is 0 Å². The Kier molecular flexibility index (Phi) is 6.42. The number of amidine groups is 1. The van der Waals surface area contributed by atoms with Crippen LogP contribution in [0.15, 0.2) is 46.5 Å². The molecule has 0 radical (unpaired) electrons. The lowest BCUT2D eigenvalue weighted by atomic mass is 10.2. The maximum absolute atomic E-state index is 12.5. The first-order valence-electron chi connectivity index (χ1n) is 6.79. The van der Waals surface area contributed by atoms with Crippen molar-refractivity contribution in [3.8, 4) is 0 Å². The van der Waals surface area contributed by atoms with Gasteiger partial charge in [-0.1, -0.05) is 23.2 Å². The number of alkyl halides is 3. The average Bonchev–Trinajstić information content (AvgIpc) is 2.53. The number of benzene rings is 1. The van der Waals surface area contributed by atoms with Crippen molar-refractivity contribution < 1.29 is 17.4 Å². The largest absolute Gasteiger partial charge is 0.400 e. The number of halogens is 5. The molecule has 0 fully saturated rings. The van der Waals surface area contributed by atoms with Crippen molar-refractivity contribution in [3.63, 3.8) is 0 Å². The first-order chi connectivity index (χ1) is 11.7. The summed E-state index contributed by atoms with van der Waals surface area (Å²) in [5, 5.41) is 2.97. The van der Waals surface area contributed by atoms with Crippen LogP contribution in [0.3, 0.4) is 0 Å². The molecule has 0 bridgehead atoms. The second kappa shape index (κ2) is 8.16. The molecule has 1 atom stereocenters. The van der Waals surface area contributed by atoms with Crippen LogP contribution in [0.25, 0.3) is 0 Å². The van der Waals surface area contributed by atoms with E-state index in [0.29, 0.717) is 11.4 Å². The second-order valence-corrected chi connectivity index (χ2v) is 7.03. The molecule has 10 heteroatoms. The molecule has 2 rings (SSSR count). The van der Waals surface area contributed by atoms with Crippen LogP contribution in [0.2, 0.25) is 10.0 Å². The number of nitrogens with one attached hydrogen (secondary N) is 1. The molecule has 1 aromatic carbocycles. The zero-order chi connectivity index (χ0) is 18.6. The quantitative estimate of drug-likeness (QED) is 0.595. The van der Waals surface area contributed by atoms with E-state index < -0.39 is 22.7 Å². The fourth-order valence-corrected chi connectivity index (χ4v) is 3.59. The van der Waals surface area contributed by atoms with Gasteiger partial charge < -0.3 is 5.32 Å². The number of hydrogen-bond acceptors (Lipinski definition) is 3. The Morgan fingerprint density at radius 1 is 1.24 bits per heavy atom. The molecule has 0 aliphatic rings. The normalized spacial score (nSPS) is 13.6. The summed E-state index contributed by atoms with van der Waals surface area (Å²) in [6.45, 7) is 0. The van der Waals surface area contributed by atoms with Gasteiger partial charge in [0.05, 0.1) is 31.4 Å². The third-order valence-electron chi connectivity index (χ3n) is 2.99. The highest BCUT2D eigenvalue weighted by molar-refractivity contribution is 7.85. The maximum atomic E-state index is 12.5.